The van der Waals surface area contributed by atoms with Crippen LogP contribution in [0.3, 0.4) is 0 Å². The number of aryl methyl sites for hydroxylation is 2. The van der Waals surface area contributed by atoms with E-state index < -0.39 is 6.10 Å². The smallest absolute Gasteiger partial charge is 0.153 e. The van der Waals surface area contributed by atoms with Crippen LogP contribution >= 0.6 is 0 Å². The highest BCUT2D eigenvalue weighted by Crippen LogP contribution is 2.41. The van der Waals surface area contributed by atoms with Gasteiger partial charge < -0.3 is 9.53 Å². The van der Waals surface area contributed by atoms with Crippen molar-refractivity contribution in [3.8, 4) is 0 Å². The van der Waals surface area contributed by atoms with Crippen molar-refractivity contribution in [1.82, 2.24) is 0 Å². The number of hydrogen-bond acceptors (Lipinski definition) is 2. The molecule has 2 unspecified atom stereocenters. The molecule has 3 aliphatic rings. The molecular weight excluding hydrogens is 236 g/mol. The van der Waals surface area contributed by atoms with Crippen LogP contribution in [-0.2, 0) is 22.4 Å². The van der Waals surface area contributed by atoms with E-state index in [0.29, 0.717) is 0 Å². The van der Waals surface area contributed by atoms with Crippen LogP contribution in [-0.4, -0.2) is 6.29 Å². The Hall–Kier alpha value is -1.93. The first-order valence-corrected chi connectivity index (χ1v) is 6.68. The van der Waals surface area contributed by atoms with Crippen molar-refractivity contribution < 1.29 is 9.53 Å². The molecule has 0 saturated heterocycles. The summed E-state index contributed by atoms with van der Waals surface area (Å²) in [5.41, 5.74) is 6.06. The number of rotatable bonds is 1. The second-order valence-electron chi connectivity index (χ2n) is 5.23. The maximum atomic E-state index is 11.3. The van der Waals surface area contributed by atoms with Gasteiger partial charge in [0.05, 0.1) is 0 Å². The second-order valence-corrected chi connectivity index (χ2v) is 5.23. The number of carbonyl (C=O) groups is 1. The fourth-order valence-corrected chi connectivity index (χ4v) is 3.21. The van der Waals surface area contributed by atoms with Crippen molar-refractivity contribution in [2.75, 3.05) is 0 Å². The van der Waals surface area contributed by atoms with E-state index >= 15 is 0 Å². The van der Waals surface area contributed by atoms with Gasteiger partial charge in [-0.2, -0.15) is 0 Å². The van der Waals surface area contributed by atoms with Gasteiger partial charge >= 0.3 is 0 Å². The van der Waals surface area contributed by atoms with Gasteiger partial charge in [0.25, 0.3) is 0 Å². The van der Waals surface area contributed by atoms with Crippen LogP contribution in [0.2, 0.25) is 0 Å². The van der Waals surface area contributed by atoms with Crippen molar-refractivity contribution in [2.24, 2.45) is 0 Å². The van der Waals surface area contributed by atoms with E-state index in [9.17, 15) is 4.79 Å². The Bertz CT molecular complexity index is 658. The zero-order valence-corrected chi connectivity index (χ0v) is 10.5. The summed E-state index contributed by atoms with van der Waals surface area (Å²) in [6.45, 7) is 0. The molecule has 2 heteroatoms. The Morgan fingerprint density at radius 2 is 1.79 bits per heavy atom. The number of hydrogen-bond donors (Lipinski definition) is 0. The van der Waals surface area contributed by atoms with Gasteiger partial charge in [0.15, 0.2) is 6.29 Å². The van der Waals surface area contributed by atoms with Gasteiger partial charge in [0.1, 0.15) is 12.2 Å². The molecule has 0 spiro atoms. The van der Waals surface area contributed by atoms with Crippen molar-refractivity contribution in [3.05, 3.63) is 70.3 Å². The highest BCUT2D eigenvalue weighted by atomic mass is 16.5. The lowest BCUT2D eigenvalue weighted by molar-refractivity contribution is -0.120. The van der Waals surface area contributed by atoms with E-state index in [2.05, 4.69) is 30.3 Å². The maximum Gasteiger partial charge on any atom is 0.153 e. The molecule has 5 rings (SSSR count). The average Bonchev–Trinajstić information content (AvgIpc) is 2.80. The number of ether oxygens (including phenoxy) is 1. The van der Waals surface area contributed by atoms with Crippen molar-refractivity contribution in [2.45, 2.75) is 25.0 Å². The van der Waals surface area contributed by atoms with Gasteiger partial charge in [-0.25, -0.2) is 0 Å². The summed E-state index contributed by atoms with van der Waals surface area (Å²) in [7, 11) is 0. The van der Waals surface area contributed by atoms with Crippen LogP contribution < -0.4 is 0 Å². The molecule has 0 saturated carbocycles. The largest absolute Gasteiger partial charge is 0.353 e. The monoisotopic (exact) mass is 250 g/mol. The quantitative estimate of drug-likeness (QED) is 0.727. The first-order valence-electron chi connectivity index (χ1n) is 6.68. The van der Waals surface area contributed by atoms with Crippen molar-refractivity contribution in [3.63, 3.8) is 0 Å². The topological polar surface area (TPSA) is 26.3 Å². The molecule has 0 radical (unpaired) electrons. The van der Waals surface area contributed by atoms with Crippen molar-refractivity contribution >= 4 is 6.29 Å². The van der Waals surface area contributed by atoms with Gasteiger partial charge in [0.2, 0.25) is 0 Å². The number of carbonyl (C=O) groups excluding carboxylic acids is 1. The Labute approximate surface area is 112 Å². The summed E-state index contributed by atoms with van der Waals surface area (Å²) in [5.74, 6) is 0. The van der Waals surface area contributed by atoms with Gasteiger partial charge in [-0.15, -0.1) is 0 Å². The summed E-state index contributed by atoms with van der Waals surface area (Å²) in [4.78, 5) is 11.3. The minimum absolute atomic E-state index is 0.101. The molecule has 0 aromatic heterocycles. The maximum absolute atomic E-state index is 11.3. The fraction of sp³-hybridized carbons (Fsp3) is 0.235. The molecule has 2 aromatic rings. The Kier molecular flexibility index (Phi) is 2.32. The molecule has 0 fully saturated rings. The van der Waals surface area contributed by atoms with Crippen LogP contribution in [0, 0.1) is 0 Å². The van der Waals surface area contributed by atoms with Gasteiger partial charge in [-0.05, 0) is 40.7 Å². The van der Waals surface area contributed by atoms with Crippen LogP contribution in [0.25, 0.3) is 0 Å². The number of fused-ring (bicyclic) bond motifs is 3. The molecule has 2 aliphatic heterocycles. The Balaban J connectivity index is 1.97. The first-order chi connectivity index (χ1) is 9.36. The molecule has 0 N–H and O–H groups in total. The van der Waals surface area contributed by atoms with E-state index in [1.54, 1.807) is 0 Å². The van der Waals surface area contributed by atoms with Crippen LogP contribution in [0.15, 0.2) is 42.5 Å². The Morgan fingerprint density at radius 3 is 2.68 bits per heavy atom. The first kappa shape index (κ1) is 10.9. The third-order valence-corrected chi connectivity index (χ3v) is 4.19. The zero-order chi connectivity index (χ0) is 12.8. The third kappa shape index (κ3) is 1.57. The summed E-state index contributed by atoms with van der Waals surface area (Å²) < 4.78 is 6.07. The molecule has 0 amide bonds. The van der Waals surface area contributed by atoms with E-state index in [-0.39, 0.29) is 6.10 Å². The predicted molar refractivity (Wildman–Crippen MR) is 72.0 cm³/mol. The molecule has 1 aliphatic carbocycles. The predicted octanol–water partition coefficient (Wildman–Crippen LogP) is 3.14. The number of benzene rings is 2. The molecule has 2 aromatic carbocycles. The average molecular weight is 250 g/mol. The van der Waals surface area contributed by atoms with Crippen LogP contribution in [0.4, 0.5) is 0 Å². The molecule has 2 atom stereocenters. The standard InChI is InChI=1S/C17H14O2/c18-10-16-13-7-8-15-12(9-13)6-5-11-3-1-2-4-14(11)17(15)19-16/h1-4,7-10,16-17H,5-6H2. The Morgan fingerprint density at radius 1 is 1.00 bits per heavy atom. The third-order valence-electron chi connectivity index (χ3n) is 4.19. The van der Waals surface area contributed by atoms with Crippen LogP contribution in [0.1, 0.15) is 40.0 Å². The lowest BCUT2D eigenvalue weighted by atomic mass is 9.97. The van der Waals surface area contributed by atoms with E-state index in [1.165, 1.54) is 22.3 Å². The zero-order valence-electron chi connectivity index (χ0n) is 10.5. The van der Waals surface area contributed by atoms with Gasteiger partial charge in [-0.3, -0.25) is 0 Å². The summed E-state index contributed by atoms with van der Waals surface area (Å²) in [5, 5.41) is 0. The van der Waals surface area contributed by atoms with E-state index in [0.717, 1.165) is 24.7 Å². The van der Waals surface area contributed by atoms with E-state index in [4.69, 9.17) is 4.74 Å². The minimum atomic E-state index is -0.442. The second kappa shape index (κ2) is 4.04. The molecule has 4 bridgehead atoms. The molecule has 19 heavy (non-hydrogen) atoms. The van der Waals surface area contributed by atoms with Gasteiger partial charge in [0, 0.05) is 0 Å². The van der Waals surface area contributed by atoms with Gasteiger partial charge in [-0.1, -0.05) is 42.5 Å². The van der Waals surface area contributed by atoms with E-state index in [1.807, 2.05) is 12.1 Å². The van der Waals surface area contributed by atoms with Crippen LogP contribution in [0.5, 0.6) is 0 Å². The number of aldehydes is 1. The minimum Gasteiger partial charge on any atom is -0.353 e. The summed E-state index contributed by atoms with van der Waals surface area (Å²) >= 11 is 0. The lowest BCUT2D eigenvalue weighted by Gasteiger charge is -2.20. The molecule has 2 nitrogen and oxygen atoms in total. The summed E-state index contributed by atoms with van der Waals surface area (Å²) in [6, 6.07) is 14.7. The fourth-order valence-electron chi connectivity index (χ4n) is 3.21. The highest BCUT2D eigenvalue weighted by Gasteiger charge is 2.31. The SMILES string of the molecule is O=CC1OC2c3ccccc3CCc3cc1ccc32. The van der Waals surface area contributed by atoms with Crippen molar-refractivity contribution in [1.29, 1.82) is 0 Å². The summed E-state index contributed by atoms with van der Waals surface area (Å²) in [6.07, 6.45) is 2.42. The molecular formula is C17H14O2. The normalized spacial score (nSPS) is 23.4. The highest BCUT2D eigenvalue weighted by molar-refractivity contribution is 5.62. The molecule has 2 heterocycles. The molecule has 94 valence electrons. The lowest BCUT2D eigenvalue weighted by Crippen LogP contribution is -2.10.